The Morgan fingerprint density at radius 1 is 1.04 bits per heavy atom. The molecule has 1 aromatic heterocycles. The average Bonchev–Trinajstić information content (AvgIpc) is 2.97. The summed E-state index contributed by atoms with van der Waals surface area (Å²) in [6.07, 6.45) is 1.56. The lowest BCUT2D eigenvalue weighted by Gasteiger charge is -2.37. The van der Waals surface area contributed by atoms with E-state index in [9.17, 15) is 9.59 Å². The monoisotopic (exact) mass is 343 g/mol. The number of benzene rings is 1. The molecule has 0 radical (unpaired) electrons. The van der Waals surface area contributed by atoms with Crippen molar-refractivity contribution in [2.45, 2.75) is 33.3 Å². The van der Waals surface area contributed by atoms with Crippen LogP contribution in [-0.4, -0.2) is 53.2 Å². The van der Waals surface area contributed by atoms with Gasteiger partial charge < -0.3 is 14.5 Å². The number of ether oxygens (including phenoxy) is 1. The van der Waals surface area contributed by atoms with Gasteiger partial charge in [-0.1, -0.05) is 6.07 Å². The number of rotatable bonds is 1. The Morgan fingerprint density at radius 2 is 1.72 bits per heavy atom. The minimum absolute atomic E-state index is 0.00175. The van der Waals surface area contributed by atoms with Crippen molar-refractivity contribution in [1.82, 2.24) is 9.47 Å². The van der Waals surface area contributed by atoms with Crippen LogP contribution in [-0.2, 0) is 4.74 Å². The summed E-state index contributed by atoms with van der Waals surface area (Å²) in [6, 6.07) is 7.97. The largest absolute Gasteiger partial charge is 0.444 e. The van der Waals surface area contributed by atoms with E-state index in [4.69, 9.17) is 4.74 Å². The van der Waals surface area contributed by atoms with Crippen molar-refractivity contribution in [3.63, 3.8) is 0 Å². The maximum Gasteiger partial charge on any atom is 0.410 e. The highest BCUT2D eigenvalue weighted by atomic mass is 16.6. The second-order valence-corrected chi connectivity index (χ2v) is 7.37. The van der Waals surface area contributed by atoms with Crippen LogP contribution in [0.5, 0.6) is 0 Å². The highest BCUT2D eigenvalue weighted by molar-refractivity contribution is 5.98. The van der Waals surface area contributed by atoms with E-state index in [-0.39, 0.29) is 12.0 Å². The number of amides is 1. The van der Waals surface area contributed by atoms with Gasteiger partial charge in [0.2, 0.25) is 5.91 Å². The van der Waals surface area contributed by atoms with E-state index in [1.807, 2.05) is 45.2 Å². The smallest absolute Gasteiger partial charge is 0.410 e. The predicted molar refractivity (Wildman–Crippen MR) is 98.3 cm³/mol. The molecular weight excluding hydrogens is 318 g/mol. The first-order valence-electron chi connectivity index (χ1n) is 8.60. The molecule has 0 N–H and O–H groups in total. The lowest BCUT2D eigenvalue weighted by Crippen LogP contribution is -2.50. The number of fused-ring (bicyclic) bond motifs is 1. The highest BCUT2D eigenvalue weighted by Crippen LogP contribution is 2.28. The van der Waals surface area contributed by atoms with E-state index >= 15 is 0 Å². The van der Waals surface area contributed by atoms with Crippen LogP contribution in [0.15, 0.2) is 30.5 Å². The summed E-state index contributed by atoms with van der Waals surface area (Å²) < 4.78 is 7.11. The standard InChI is InChI=1S/C19H25N3O3/c1-14(23)22-9-8-15-16(6-5-7-17(15)22)20-10-12-21(13-11-20)18(24)25-19(2,3)4/h5-9H,10-13H2,1-4H3. The Hall–Kier alpha value is -2.50. The maximum absolute atomic E-state index is 12.2. The van der Waals surface area contributed by atoms with Gasteiger partial charge in [0.05, 0.1) is 5.52 Å². The lowest BCUT2D eigenvalue weighted by atomic mass is 10.1. The first kappa shape index (κ1) is 17.3. The van der Waals surface area contributed by atoms with Crippen LogP contribution in [0.3, 0.4) is 0 Å². The van der Waals surface area contributed by atoms with Crippen molar-refractivity contribution in [2.24, 2.45) is 0 Å². The molecule has 0 atom stereocenters. The van der Waals surface area contributed by atoms with Crippen molar-refractivity contribution in [2.75, 3.05) is 31.1 Å². The van der Waals surface area contributed by atoms with E-state index in [2.05, 4.69) is 11.0 Å². The fourth-order valence-electron chi connectivity index (χ4n) is 3.16. The molecule has 0 saturated carbocycles. The third-order valence-corrected chi connectivity index (χ3v) is 4.32. The van der Waals surface area contributed by atoms with Crippen molar-refractivity contribution < 1.29 is 14.3 Å². The number of hydrogen-bond donors (Lipinski definition) is 0. The molecule has 3 rings (SSSR count). The Bertz CT molecular complexity index is 796. The van der Waals surface area contributed by atoms with Gasteiger partial charge in [-0.05, 0) is 39.0 Å². The van der Waals surface area contributed by atoms with Gasteiger partial charge in [0.25, 0.3) is 0 Å². The summed E-state index contributed by atoms with van der Waals surface area (Å²) in [5, 5.41) is 1.06. The molecule has 0 bridgehead atoms. The summed E-state index contributed by atoms with van der Waals surface area (Å²) in [5.41, 5.74) is 1.54. The minimum Gasteiger partial charge on any atom is -0.444 e. The fraction of sp³-hybridized carbons (Fsp3) is 0.474. The average molecular weight is 343 g/mol. The van der Waals surface area contributed by atoms with Gasteiger partial charge in [0, 0.05) is 50.4 Å². The van der Waals surface area contributed by atoms with Crippen LogP contribution in [0.25, 0.3) is 10.9 Å². The predicted octanol–water partition coefficient (Wildman–Crippen LogP) is 3.36. The van der Waals surface area contributed by atoms with Gasteiger partial charge in [0.1, 0.15) is 5.60 Å². The molecular formula is C19H25N3O3. The number of carbonyl (C=O) groups excluding carboxylic acids is 2. The van der Waals surface area contributed by atoms with E-state index in [0.717, 1.165) is 29.7 Å². The summed E-state index contributed by atoms with van der Waals surface area (Å²) >= 11 is 0. The Balaban J connectivity index is 1.74. The Morgan fingerprint density at radius 3 is 2.32 bits per heavy atom. The van der Waals surface area contributed by atoms with E-state index < -0.39 is 5.60 Å². The van der Waals surface area contributed by atoms with Gasteiger partial charge >= 0.3 is 6.09 Å². The number of aromatic nitrogens is 1. The maximum atomic E-state index is 12.2. The molecule has 2 aromatic rings. The zero-order chi connectivity index (χ0) is 18.2. The SMILES string of the molecule is CC(=O)n1ccc2c(N3CCN(C(=O)OC(C)(C)C)CC3)cccc21. The van der Waals surface area contributed by atoms with Crippen LogP contribution >= 0.6 is 0 Å². The third-order valence-electron chi connectivity index (χ3n) is 4.32. The number of nitrogens with zero attached hydrogens (tertiary/aromatic N) is 3. The molecule has 1 aliphatic heterocycles. The first-order valence-corrected chi connectivity index (χ1v) is 8.60. The second kappa shape index (κ2) is 6.43. The Labute approximate surface area is 147 Å². The molecule has 1 aliphatic rings. The van der Waals surface area contributed by atoms with Crippen LogP contribution in [0, 0.1) is 0 Å². The summed E-state index contributed by atoms with van der Waals surface area (Å²) in [7, 11) is 0. The third kappa shape index (κ3) is 3.62. The number of carbonyl (C=O) groups is 2. The number of hydrogen-bond acceptors (Lipinski definition) is 4. The molecule has 134 valence electrons. The van der Waals surface area contributed by atoms with Gasteiger partial charge in [-0.25, -0.2) is 4.79 Å². The van der Waals surface area contributed by atoms with Crippen molar-refractivity contribution in [1.29, 1.82) is 0 Å². The van der Waals surface area contributed by atoms with E-state index in [0.29, 0.717) is 13.1 Å². The van der Waals surface area contributed by atoms with Gasteiger partial charge in [-0.3, -0.25) is 9.36 Å². The highest BCUT2D eigenvalue weighted by Gasteiger charge is 2.26. The van der Waals surface area contributed by atoms with Gasteiger partial charge in [0.15, 0.2) is 0 Å². The number of anilines is 1. The van der Waals surface area contributed by atoms with Crippen LogP contribution in [0.2, 0.25) is 0 Å². The second-order valence-electron chi connectivity index (χ2n) is 7.37. The molecule has 0 aliphatic carbocycles. The van der Waals surface area contributed by atoms with E-state index in [1.165, 1.54) is 0 Å². The van der Waals surface area contributed by atoms with Gasteiger partial charge in [-0.15, -0.1) is 0 Å². The molecule has 6 heteroatoms. The summed E-state index contributed by atoms with van der Waals surface area (Å²) in [5.74, 6) is 0.00175. The van der Waals surface area contributed by atoms with Crippen LogP contribution in [0.4, 0.5) is 10.5 Å². The summed E-state index contributed by atoms with van der Waals surface area (Å²) in [4.78, 5) is 27.9. The van der Waals surface area contributed by atoms with Crippen molar-refractivity contribution in [3.8, 4) is 0 Å². The molecule has 1 amide bonds. The van der Waals surface area contributed by atoms with Crippen molar-refractivity contribution in [3.05, 3.63) is 30.5 Å². The fourth-order valence-corrected chi connectivity index (χ4v) is 3.16. The first-order chi connectivity index (χ1) is 11.8. The quantitative estimate of drug-likeness (QED) is 0.797. The zero-order valence-electron chi connectivity index (χ0n) is 15.3. The molecule has 1 saturated heterocycles. The summed E-state index contributed by atoms with van der Waals surface area (Å²) in [6.45, 7) is 9.92. The zero-order valence-corrected chi connectivity index (χ0v) is 15.3. The molecule has 0 spiro atoms. The van der Waals surface area contributed by atoms with Crippen molar-refractivity contribution >= 4 is 28.6 Å². The van der Waals surface area contributed by atoms with Crippen LogP contribution in [0.1, 0.15) is 32.5 Å². The molecule has 2 heterocycles. The van der Waals surface area contributed by atoms with Gasteiger partial charge in [-0.2, -0.15) is 0 Å². The lowest BCUT2D eigenvalue weighted by molar-refractivity contribution is 0.0240. The molecule has 6 nitrogen and oxygen atoms in total. The minimum atomic E-state index is -0.477. The molecule has 25 heavy (non-hydrogen) atoms. The topological polar surface area (TPSA) is 54.8 Å². The van der Waals surface area contributed by atoms with Crippen LogP contribution < -0.4 is 4.90 Å². The molecule has 1 aromatic carbocycles. The van der Waals surface area contributed by atoms with E-state index in [1.54, 1.807) is 16.4 Å². The normalized spacial score (nSPS) is 15.5. The Kier molecular flexibility index (Phi) is 4.45. The molecule has 0 unspecified atom stereocenters. The molecule has 1 fully saturated rings. The number of piperazine rings is 1.